The monoisotopic (exact) mass is 502 g/mol. The summed E-state index contributed by atoms with van der Waals surface area (Å²) in [7, 11) is 0. The van der Waals surface area contributed by atoms with Gasteiger partial charge in [0, 0.05) is 6.54 Å². The van der Waals surface area contributed by atoms with E-state index in [1.807, 2.05) is 6.07 Å². The van der Waals surface area contributed by atoms with E-state index in [0.29, 0.717) is 37.4 Å². The minimum atomic E-state index is -0.439. The van der Waals surface area contributed by atoms with E-state index in [9.17, 15) is 9.59 Å². The highest BCUT2D eigenvalue weighted by Crippen LogP contribution is 2.36. The molecule has 1 fully saturated rings. The number of imide groups is 1. The van der Waals surface area contributed by atoms with Crippen LogP contribution in [0.25, 0.3) is 6.08 Å². The van der Waals surface area contributed by atoms with Crippen molar-refractivity contribution in [2.75, 3.05) is 6.54 Å². The molecule has 9 heteroatoms. The minimum absolute atomic E-state index is 0.194. The zero-order valence-corrected chi connectivity index (χ0v) is 18.4. The van der Waals surface area contributed by atoms with Crippen LogP contribution in [0.1, 0.15) is 18.1 Å². The van der Waals surface area contributed by atoms with Crippen molar-refractivity contribution in [1.82, 2.24) is 10.2 Å². The summed E-state index contributed by atoms with van der Waals surface area (Å²) >= 11 is 21.7. The summed E-state index contributed by atoms with van der Waals surface area (Å²) in [4.78, 5) is 25.1. The molecule has 1 saturated heterocycles. The van der Waals surface area contributed by atoms with Gasteiger partial charge in [-0.2, -0.15) is 0 Å². The molecule has 0 aromatic heterocycles. The molecule has 1 aliphatic heterocycles. The molecule has 0 saturated carbocycles. The van der Waals surface area contributed by atoms with E-state index in [-0.39, 0.29) is 18.2 Å². The molecule has 146 valence electrons. The normalized spacial score (nSPS) is 15.3. The van der Waals surface area contributed by atoms with E-state index in [4.69, 9.17) is 39.5 Å². The van der Waals surface area contributed by atoms with Crippen molar-refractivity contribution in [3.05, 3.63) is 66.7 Å². The van der Waals surface area contributed by atoms with Crippen LogP contribution in [0.3, 0.4) is 0 Å². The van der Waals surface area contributed by atoms with Gasteiger partial charge in [0.05, 0.1) is 19.5 Å². The molecule has 1 aliphatic rings. The second-order valence-electron chi connectivity index (χ2n) is 5.89. The van der Waals surface area contributed by atoms with Gasteiger partial charge in [0.1, 0.15) is 12.3 Å². The number of hydrogen-bond donors (Lipinski definition) is 1. The maximum atomic E-state index is 12.2. The topological polar surface area (TPSA) is 58.6 Å². The number of nitrogens with zero attached hydrogens (tertiary/aromatic N) is 1. The zero-order valence-electron chi connectivity index (χ0n) is 14.6. The number of halogens is 4. The second-order valence-corrected chi connectivity index (χ2v) is 7.96. The fourth-order valence-electron chi connectivity index (χ4n) is 2.61. The molecule has 3 rings (SSSR count). The molecule has 0 unspecified atom stereocenters. The Bertz CT molecular complexity index is 971. The van der Waals surface area contributed by atoms with Crippen LogP contribution in [-0.2, 0) is 11.4 Å². The van der Waals surface area contributed by atoms with Crippen molar-refractivity contribution in [3.8, 4) is 5.75 Å². The first-order chi connectivity index (χ1) is 13.3. The molecule has 28 heavy (non-hydrogen) atoms. The molecule has 0 aliphatic carbocycles. The van der Waals surface area contributed by atoms with E-state index in [1.54, 1.807) is 37.3 Å². The maximum Gasteiger partial charge on any atom is 0.328 e. The SMILES string of the molecule is CCN1C(=O)N/C(=C/c2cc(Cl)c(OCc3ccc(Cl)c(Cl)c3)c(Br)c2)C1=O. The van der Waals surface area contributed by atoms with Crippen LogP contribution in [0.2, 0.25) is 15.1 Å². The van der Waals surface area contributed by atoms with Gasteiger partial charge in [-0.3, -0.25) is 9.69 Å². The van der Waals surface area contributed by atoms with Gasteiger partial charge in [-0.25, -0.2) is 4.79 Å². The molecular formula is C19H14BrCl3N2O3. The van der Waals surface area contributed by atoms with Crippen LogP contribution in [0.4, 0.5) is 4.79 Å². The summed E-state index contributed by atoms with van der Waals surface area (Å²) in [5.41, 5.74) is 1.67. The maximum absolute atomic E-state index is 12.2. The lowest BCUT2D eigenvalue weighted by Gasteiger charge is -2.12. The van der Waals surface area contributed by atoms with E-state index in [1.165, 1.54) is 0 Å². The molecule has 0 bridgehead atoms. The summed E-state index contributed by atoms with van der Waals surface area (Å²) in [5, 5.41) is 3.81. The van der Waals surface area contributed by atoms with Gasteiger partial charge < -0.3 is 10.1 Å². The van der Waals surface area contributed by atoms with E-state index < -0.39 is 6.03 Å². The number of carbonyl (C=O) groups is 2. The van der Waals surface area contributed by atoms with Crippen LogP contribution in [0, 0.1) is 0 Å². The number of ether oxygens (including phenoxy) is 1. The number of nitrogens with one attached hydrogen (secondary N) is 1. The molecule has 0 radical (unpaired) electrons. The number of rotatable bonds is 5. The highest BCUT2D eigenvalue weighted by atomic mass is 79.9. The van der Waals surface area contributed by atoms with Crippen molar-refractivity contribution in [1.29, 1.82) is 0 Å². The molecule has 5 nitrogen and oxygen atoms in total. The van der Waals surface area contributed by atoms with Crippen molar-refractivity contribution < 1.29 is 14.3 Å². The number of carbonyl (C=O) groups excluding carboxylic acids is 2. The van der Waals surface area contributed by atoms with Gasteiger partial charge in [0.2, 0.25) is 0 Å². The first-order valence-corrected chi connectivity index (χ1v) is 10.1. The highest BCUT2D eigenvalue weighted by Gasteiger charge is 2.32. The number of hydrogen-bond acceptors (Lipinski definition) is 3. The summed E-state index contributed by atoms with van der Waals surface area (Å²) in [6.07, 6.45) is 1.56. The number of urea groups is 1. The Morgan fingerprint density at radius 1 is 1.11 bits per heavy atom. The molecule has 1 N–H and O–H groups in total. The first-order valence-electron chi connectivity index (χ1n) is 8.20. The Morgan fingerprint density at radius 2 is 1.86 bits per heavy atom. The predicted octanol–water partition coefficient (Wildman–Crippen LogP) is 5.90. The lowest BCUT2D eigenvalue weighted by atomic mass is 10.1. The quantitative estimate of drug-likeness (QED) is 0.407. The Balaban J connectivity index is 1.79. The van der Waals surface area contributed by atoms with Crippen molar-refractivity contribution in [3.63, 3.8) is 0 Å². The van der Waals surface area contributed by atoms with Crippen LogP contribution < -0.4 is 10.1 Å². The van der Waals surface area contributed by atoms with Gasteiger partial charge in [0.15, 0.2) is 5.75 Å². The lowest BCUT2D eigenvalue weighted by Crippen LogP contribution is -2.30. The molecular weight excluding hydrogens is 490 g/mol. The third-order valence-electron chi connectivity index (χ3n) is 3.98. The van der Waals surface area contributed by atoms with Crippen molar-refractivity contribution in [2.45, 2.75) is 13.5 Å². The Kier molecular flexibility index (Phi) is 6.55. The highest BCUT2D eigenvalue weighted by molar-refractivity contribution is 9.10. The fourth-order valence-corrected chi connectivity index (χ4v) is 3.92. The molecule has 0 atom stereocenters. The predicted molar refractivity (Wildman–Crippen MR) is 114 cm³/mol. The summed E-state index contributed by atoms with van der Waals surface area (Å²) in [5.74, 6) is 0.0755. The van der Waals surface area contributed by atoms with E-state index >= 15 is 0 Å². The average molecular weight is 505 g/mol. The number of likely N-dealkylation sites (N-methyl/N-ethyl adjacent to an activating group) is 1. The molecule has 2 aromatic carbocycles. The Hall–Kier alpha value is -1.73. The third kappa shape index (κ3) is 4.46. The van der Waals surface area contributed by atoms with Gasteiger partial charge in [0.25, 0.3) is 5.91 Å². The van der Waals surface area contributed by atoms with E-state index in [0.717, 1.165) is 10.5 Å². The van der Waals surface area contributed by atoms with Crippen molar-refractivity contribution >= 4 is 68.7 Å². The summed E-state index contributed by atoms with van der Waals surface area (Å²) in [6.45, 7) is 2.28. The molecule has 2 aromatic rings. The van der Waals surface area contributed by atoms with Gasteiger partial charge in [-0.1, -0.05) is 40.9 Å². The standard InChI is InChI=1S/C19H14BrCl3N2O3/c1-2-25-18(26)16(24-19(25)27)8-11-5-12(20)17(15(23)7-11)28-9-10-3-4-13(21)14(22)6-10/h3-8H,2,9H2,1H3,(H,24,27)/b16-8+. The van der Waals surface area contributed by atoms with Crippen LogP contribution in [0.15, 0.2) is 40.5 Å². The summed E-state index contributed by atoms with van der Waals surface area (Å²) < 4.78 is 6.41. The second kappa shape index (κ2) is 8.74. The van der Waals surface area contributed by atoms with Crippen molar-refractivity contribution in [2.24, 2.45) is 0 Å². The minimum Gasteiger partial charge on any atom is -0.486 e. The van der Waals surface area contributed by atoms with Crippen LogP contribution >= 0.6 is 50.7 Å². The largest absolute Gasteiger partial charge is 0.486 e. The number of amides is 3. The number of benzene rings is 2. The van der Waals surface area contributed by atoms with Crippen LogP contribution in [-0.4, -0.2) is 23.4 Å². The Labute approximate surface area is 185 Å². The third-order valence-corrected chi connectivity index (χ3v) is 5.59. The molecule has 1 heterocycles. The fraction of sp³-hybridized carbons (Fsp3) is 0.158. The van der Waals surface area contributed by atoms with Gasteiger partial charge in [-0.15, -0.1) is 0 Å². The molecule has 0 spiro atoms. The van der Waals surface area contributed by atoms with Gasteiger partial charge >= 0.3 is 6.03 Å². The molecule has 3 amide bonds. The first kappa shape index (κ1) is 21.0. The Morgan fingerprint density at radius 3 is 2.46 bits per heavy atom. The van der Waals surface area contributed by atoms with E-state index in [2.05, 4.69) is 21.2 Å². The average Bonchev–Trinajstić information content (AvgIpc) is 2.90. The van der Waals surface area contributed by atoms with Crippen LogP contribution in [0.5, 0.6) is 5.75 Å². The zero-order chi connectivity index (χ0) is 20.4. The summed E-state index contributed by atoms with van der Waals surface area (Å²) in [6, 6.07) is 8.18. The smallest absolute Gasteiger partial charge is 0.328 e. The lowest BCUT2D eigenvalue weighted by molar-refractivity contribution is -0.122. The van der Waals surface area contributed by atoms with Gasteiger partial charge in [-0.05, 0) is 64.3 Å².